The molecule has 2 fully saturated rings. The van der Waals surface area contributed by atoms with E-state index in [-0.39, 0.29) is 29.8 Å². The zero-order valence-electron chi connectivity index (χ0n) is 17.4. The smallest absolute Gasteiger partial charge is 0.245 e. The van der Waals surface area contributed by atoms with Crippen LogP contribution in [0, 0.1) is 11.7 Å². The molecule has 3 heterocycles. The summed E-state index contributed by atoms with van der Waals surface area (Å²) in [5.74, 6) is -0.823. The Hall–Kier alpha value is -2.36. The summed E-state index contributed by atoms with van der Waals surface area (Å²) in [5, 5.41) is 0. The van der Waals surface area contributed by atoms with Gasteiger partial charge in [-0.25, -0.2) is 12.8 Å². The van der Waals surface area contributed by atoms with Gasteiger partial charge in [0.25, 0.3) is 0 Å². The average Bonchev–Trinajstić information content (AvgIpc) is 2.80. The van der Waals surface area contributed by atoms with Gasteiger partial charge in [-0.3, -0.25) is 14.7 Å². The standard InChI is InChI=1S/C22H27FN4O3S/c23-20-3-1-2-4-21(20)31(29,30)27-11-7-19(8-12-27)22(28)26-15-13-25(14-16-26)17-18-5-9-24-10-6-18/h1-6,9-10,19H,7-8,11-17H2. The van der Waals surface area contributed by atoms with E-state index in [2.05, 4.69) is 9.88 Å². The van der Waals surface area contributed by atoms with Crippen molar-refractivity contribution < 1.29 is 17.6 Å². The highest BCUT2D eigenvalue weighted by atomic mass is 32.2. The topological polar surface area (TPSA) is 73.8 Å². The molecule has 166 valence electrons. The van der Waals surface area contributed by atoms with Crippen LogP contribution in [0.5, 0.6) is 0 Å². The van der Waals surface area contributed by atoms with Gasteiger partial charge in [-0.1, -0.05) is 12.1 Å². The van der Waals surface area contributed by atoms with Gasteiger partial charge in [0.05, 0.1) is 0 Å². The Kier molecular flexibility index (Phi) is 6.64. The molecule has 1 aromatic heterocycles. The van der Waals surface area contributed by atoms with Gasteiger partial charge in [0.2, 0.25) is 15.9 Å². The minimum absolute atomic E-state index is 0.103. The van der Waals surface area contributed by atoms with Crippen molar-refractivity contribution in [1.82, 2.24) is 19.1 Å². The van der Waals surface area contributed by atoms with Gasteiger partial charge in [0.15, 0.2) is 0 Å². The van der Waals surface area contributed by atoms with E-state index in [4.69, 9.17) is 0 Å². The second kappa shape index (κ2) is 9.42. The van der Waals surface area contributed by atoms with Crippen LogP contribution in [-0.2, 0) is 21.4 Å². The molecule has 1 amide bonds. The van der Waals surface area contributed by atoms with E-state index in [1.54, 1.807) is 12.4 Å². The monoisotopic (exact) mass is 446 g/mol. The number of benzene rings is 1. The normalized spacial score (nSPS) is 19.5. The predicted molar refractivity (Wildman–Crippen MR) is 114 cm³/mol. The number of sulfonamides is 1. The first-order chi connectivity index (χ1) is 14.9. The highest BCUT2D eigenvalue weighted by Crippen LogP contribution is 2.26. The Morgan fingerprint density at radius 1 is 0.968 bits per heavy atom. The van der Waals surface area contributed by atoms with Crippen molar-refractivity contribution in [1.29, 1.82) is 0 Å². The van der Waals surface area contributed by atoms with Crippen molar-refractivity contribution in [2.45, 2.75) is 24.3 Å². The molecule has 2 aliphatic rings. The largest absolute Gasteiger partial charge is 0.340 e. The molecular weight excluding hydrogens is 419 g/mol. The summed E-state index contributed by atoms with van der Waals surface area (Å²) in [7, 11) is -3.88. The molecule has 0 N–H and O–H groups in total. The van der Waals surface area contributed by atoms with E-state index in [0.717, 1.165) is 25.7 Å². The zero-order valence-corrected chi connectivity index (χ0v) is 18.2. The lowest BCUT2D eigenvalue weighted by Crippen LogP contribution is -2.51. The van der Waals surface area contributed by atoms with Crippen LogP contribution < -0.4 is 0 Å². The minimum Gasteiger partial charge on any atom is -0.340 e. The summed E-state index contributed by atoms with van der Waals surface area (Å²) < 4.78 is 40.8. The van der Waals surface area contributed by atoms with Crippen LogP contribution in [0.4, 0.5) is 4.39 Å². The van der Waals surface area contributed by atoms with Gasteiger partial charge in [0.1, 0.15) is 10.7 Å². The molecule has 2 aliphatic heterocycles. The van der Waals surface area contributed by atoms with Gasteiger partial charge >= 0.3 is 0 Å². The lowest BCUT2D eigenvalue weighted by Gasteiger charge is -2.38. The van der Waals surface area contributed by atoms with Gasteiger partial charge < -0.3 is 4.90 Å². The molecule has 31 heavy (non-hydrogen) atoms. The highest BCUT2D eigenvalue weighted by Gasteiger charge is 2.35. The molecule has 2 aromatic rings. The maximum absolute atomic E-state index is 14.0. The number of piperidine rings is 1. The number of pyridine rings is 1. The highest BCUT2D eigenvalue weighted by molar-refractivity contribution is 7.89. The van der Waals surface area contributed by atoms with Crippen LogP contribution in [0.15, 0.2) is 53.7 Å². The lowest BCUT2D eigenvalue weighted by molar-refractivity contribution is -0.138. The number of nitrogens with zero attached hydrogens (tertiary/aromatic N) is 4. The summed E-state index contributed by atoms with van der Waals surface area (Å²) >= 11 is 0. The molecule has 0 bridgehead atoms. The third kappa shape index (κ3) is 4.94. The van der Waals surface area contributed by atoms with Gasteiger partial charge in [0, 0.05) is 64.1 Å². The number of aromatic nitrogens is 1. The Bertz CT molecular complexity index is 1000. The Labute approximate surface area is 182 Å². The van der Waals surface area contributed by atoms with Crippen LogP contribution in [0.25, 0.3) is 0 Å². The molecular formula is C22H27FN4O3S. The van der Waals surface area contributed by atoms with Gasteiger partial charge in [-0.2, -0.15) is 4.31 Å². The van der Waals surface area contributed by atoms with E-state index in [1.807, 2.05) is 17.0 Å². The molecule has 7 nitrogen and oxygen atoms in total. The molecule has 2 saturated heterocycles. The van der Waals surface area contributed by atoms with Crippen molar-refractivity contribution in [3.8, 4) is 0 Å². The van der Waals surface area contributed by atoms with Gasteiger partial charge in [-0.15, -0.1) is 0 Å². The van der Waals surface area contributed by atoms with E-state index in [0.29, 0.717) is 25.9 Å². The number of amides is 1. The molecule has 0 aliphatic carbocycles. The Morgan fingerprint density at radius 2 is 1.61 bits per heavy atom. The summed E-state index contributed by atoms with van der Waals surface area (Å²) in [4.78, 5) is 20.9. The van der Waals surface area contributed by atoms with Crippen molar-refractivity contribution in [2.75, 3.05) is 39.3 Å². The fourth-order valence-electron chi connectivity index (χ4n) is 4.27. The molecule has 9 heteroatoms. The van der Waals surface area contributed by atoms with Crippen LogP contribution in [0.3, 0.4) is 0 Å². The summed E-state index contributed by atoms with van der Waals surface area (Å²) in [6, 6.07) is 9.42. The van der Waals surface area contributed by atoms with Crippen molar-refractivity contribution in [3.63, 3.8) is 0 Å². The number of carbonyl (C=O) groups excluding carboxylic acids is 1. The van der Waals surface area contributed by atoms with E-state index in [1.165, 1.54) is 28.1 Å². The second-order valence-electron chi connectivity index (χ2n) is 8.07. The number of piperazine rings is 1. The maximum Gasteiger partial charge on any atom is 0.245 e. The lowest BCUT2D eigenvalue weighted by atomic mass is 9.96. The second-order valence-corrected chi connectivity index (χ2v) is 9.97. The molecule has 0 unspecified atom stereocenters. The predicted octanol–water partition coefficient (Wildman–Crippen LogP) is 1.97. The quantitative estimate of drug-likeness (QED) is 0.702. The number of rotatable bonds is 5. The van der Waals surface area contributed by atoms with Crippen LogP contribution in [-0.4, -0.2) is 72.7 Å². The summed E-state index contributed by atoms with van der Waals surface area (Å²) in [6.45, 7) is 4.29. The minimum atomic E-state index is -3.88. The van der Waals surface area contributed by atoms with Crippen LogP contribution in [0.2, 0.25) is 0 Å². The Balaban J connectivity index is 1.28. The molecule has 4 rings (SSSR count). The Morgan fingerprint density at radius 3 is 2.26 bits per heavy atom. The van der Waals surface area contributed by atoms with Crippen molar-refractivity contribution in [3.05, 3.63) is 60.2 Å². The number of carbonyl (C=O) groups is 1. The van der Waals surface area contributed by atoms with Crippen molar-refractivity contribution in [2.24, 2.45) is 5.92 Å². The van der Waals surface area contributed by atoms with Gasteiger partial charge in [-0.05, 0) is 42.7 Å². The number of hydrogen-bond acceptors (Lipinski definition) is 5. The molecule has 0 radical (unpaired) electrons. The summed E-state index contributed by atoms with van der Waals surface area (Å²) in [5.41, 5.74) is 1.21. The first-order valence-electron chi connectivity index (χ1n) is 10.6. The molecule has 0 saturated carbocycles. The molecule has 1 aromatic carbocycles. The third-order valence-electron chi connectivity index (χ3n) is 6.10. The van der Waals surface area contributed by atoms with Crippen molar-refractivity contribution >= 4 is 15.9 Å². The summed E-state index contributed by atoms with van der Waals surface area (Å²) in [6.07, 6.45) is 4.50. The third-order valence-corrected chi connectivity index (χ3v) is 8.03. The maximum atomic E-state index is 14.0. The fraction of sp³-hybridized carbons (Fsp3) is 0.455. The van der Waals surface area contributed by atoms with Crippen LogP contribution >= 0.6 is 0 Å². The first-order valence-corrected chi connectivity index (χ1v) is 12.0. The van der Waals surface area contributed by atoms with E-state index < -0.39 is 15.8 Å². The fourth-order valence-corrected chi connectivity index (χ4v) is 5.80. The zero-order chi connectivity index (χ0) is 21.8. The number of hydrogen-bond donors (Lipinski definition) is 0. The first kappa shape index (κ1) is 21.9. The average molecular weight is 447 g/mol. The van der Waals surface area contributed by atoms with E-state index in [9.17, 15) is 17.6 Å². The number of halogens is 1. The molecule has 0 atom stereocenters. The molecule has 0 spiro atoms. The van der Waals surface area contributed by atoms with E-state index >= 15 is 0 Å². The van der Waals surface area contributed by atoms with Crippen LogP contribution in [0.1, 0.15) is 18.4 Å². The SMILES string of the molecule is O=C(C1CCN(S(=O)(=O)c2ccccc2F)CC1)N1CCN(Cc2ccncc2)CC1.